The maximum absolute atomic E-state index is 2.43. The zero-order valence-electron chi connectivity index (χ0n) is 6.48. The van der Waals surface area contributed by atoms with Crippen LogP contribution in [0.1, 0.15) is 12.8 Å². The zero-order chi connectivity index (χ0) is 6.69. The molecular weight excluding hydrogens is 112 g/mol. The van der Waals surface area contributed by atoms with Crippen molar-refractivity contribution in [1.82, 2.24) is 0 Å². The summed E-state index contributed by atoms with van der Waals surface area (Å²) in [6, 6.07) is 0.916. The van der Waals surface area contributed by atoms with E-state index in [0.717, 1.165) is 6.04 Å². The predicted molar refractivity (Wildman–Crippen MR) is 37.5 cm³/mol. The molecule has 0 amide bonds. The Morgan fingerprint density at radius 2 is 2.22 bits per heavy atom. The SMILES string of the molecule is C[NH+](C)[C@H]1CCC[NH2+]C1. The molecule has 0 spiro atoms. The monoisotopic (exact) mass is 130 g/mol. The molecule has 0 saturated carbocycles. The number of nitrogens with one attached hydrogen (secondary N) is 1. The quantitative estimate of drug-likeness (QED) is 0.404. The standard InChI is InChI=1S/C7H16N2/c1-9(2)7-4-3-5-8-6-7/h7-8H,3-6H2,1-2H3/p+2/t7-/m0/s1. The third-order valence-corrected chi connectivity index (χ3v) is 2.23. The first-order chi connectivity index (χ1) is 4.30. The number of hydrogen-bond acceptors (Lipinski definition) is 0. The average Bonchev–Trinajstić information content (AvgIpc) is 1.90. The van der Waals surface area contributed by atoms with Crippen molar-refractivity contribution >= 4 is 0 Å². The van der Waals surface area contributed by atoms with E-state index in [1.807, 2.05) is 0 Å². The second-order valence-electron chi connectivity index (χ2n) is 3.23. The van der Waals surface area contributed by atoms with Crippen LogP contribution in [0.2, 0.25) is 0 Å². The number of nitrogens with two attached hydrogens (primary N) is 1. The molecule has 9 heavy (non-hydrogen) atoms. The van der Waals surface area contributed by atoms with Crippen molar-refractivity contribution in [2.75, 3.05) is 27.2 Å². The Bertz CT molecular complexity index is 75.0. The fourth-order valence-electron chi connectivity index (χ4n) is 1.47. The lowest BCUT2D eigenvalue weighted by molar-refractivity contribution is -0.907. The van der Waals surface area contributed by atoms with Crippen molar-refractivity contribution in [3.8, 4) is 0 Å². The van der Waals surface area contributed by atoms with E-state index >= 15 is 0 Å². The van der Waals surface area contributed by atoms with Gasteiger partial charge in [0, 0.05) is 12.8 Å². The lowest BCUT2D eigenvalue weighted by Crippen LogP contribution is -3.14. The van der Waals surface area contributed by atoms with Gasteiger partial charge < -0.3 is 10.2 Å². The molecule has 54 valence electrons. The maximum atomic E-state index is 2.43. The molecule has 3 N–H and O–H groups in total. The Balaban J connectivity index is 2.23. The van der Waals surface area contributed by atoms with Gasteiger partial charge in [0.2, 0.25) is 0 Å². The highest BCUT2D eigenvalue weighted by atomic mass is 15.1. The first-order valence-corrected chi connectivity index (χ1v) is 3.92. The van der Waals surface area contributed by atoms with E-state index in [2.05, 4.69) is 19.4 Å². The van der Waals surface area contributed by atoms with Crippen LogP contribution in [0.3, 0.4) is 0 Å². The molecule has 0 radical (unpaired) electrons. The van der Waals surface area contributed by atoms with Crippen LogP contribution >= 0.6 is 0 Å². The predicted octanol–water partition coefficient (Wildman–Crippen LogP) is -2.14. The van der Waals surface area contributed by atoms with Crippen molar-refractivity contribution in [2.24, 2.45) is 0 Å². The molecule has 1 saturated heterocycles. The van der Waals surface area contributed by atoms with Gasteiger partial charge in [-0.25, -0.2) is 0 Å². The van der Waals surface area contributed by atoms with Crippen molar-refractivity contribution < 1.29 is 10.2 Å². The van der Waals surface area contributed by atoms with Crippen LogP contribution in [0.15, 0.2) is 0 Å². The molecule has 0 aromatic rings. The second-order valence-corrected chi connectivity index (χ2v) is 3.23. The van der Waals surface area contributed by atoms with E-state index in [4.69, 9.17) is 0 Å². The molecule has 1 aliphatic rings. The molecule has 1 heterocycles. The highest BCUT2D eigenvalue weighted by molar-refractivity contribution is 4.55. The average molecular weight is 130 g/mol. The van der Waals surface area contributed by atoms with Crippen molar-refractivity contribution in [3.63, 3.8) is 0 Å². The van der Waals surface area contributed by atoms with Gasteiger partial charge in [-0.05, 0) is 0 Å². The lowest BCUT2D eigenvalue weighted by Gasteiger charge is -2.23. The van der Waals surface area contributed by atoms with Crippen LogP contribution in [0.25, 0.3) is 0 Å². The molecule has 0 unspecified atom stereocenters. The molecule has 1 rings (SSSR count). The topological polar surface area (TPSA) is 21.1 Å². The molecule has 0 aromatic carbocycles. The molecule has 1 aliphatic heterocycles. The Morgan fingerprint density at radius 1 is 1.44 bits per heavy atom. The molecule has 0 bridgehead atoms. The Hall–Kier alpha value is -0.0800. The third kappa shape index (κ3) is 1.95. The van der Waals surface area contributed by atoms with E-state index in [9.17, 15) is 0 Å². The van der Waals surface area contributed by atoms with Gasteiger partial charge in [0.1, 0.15) is 12.6 Å². The summed E-state index contributed by atoms with van der Waals surface area (Å²) in [5, 5.41) is 2.43. The molecule has 1 fully saturated rings. The number of quaternary nitrogens is 2. The Morgan fingerprint density at radius 3 is 2.56 bits per heavy atom. The Kier molecular flexibility index (Phi) is 2.49. The van der Waals surface area contributed by atoms with Crippen LogP contribution < -0.4 is 10.2 Å². The van der Waals surface area contributed by atoms with Gasteiger partial charge in [-0.15, -0.1) is 0 Å². The summed E-state index contributed by atoms with van der Waals surface area (Å²) in [4.78, 5) is 1.62. The summed E-state index contributed by atoms with van der Waals surface area (Å²) in [6.07, 6.45) is 2.84. The fourth-order valence-corrected chi connectivity index (χ4v) is 1.47. The van der Waals surface area contributed by atoms with Crippen molar-refractivity contribution in [2.45, 2.75) is 18.9 Å². The normalized spacial score (nSPS) is 29.0. The van der Waals surface area contributed by atoms with Crippen LogP contribution in [-0.2, 0) is 0 Å². The van der Waals surface area contributed by atoms with Gasteiger partial charge in [-0.2, -0.15) is 0 Å². The molecule has 1 atom stereocenters. The number of likely N-dealkylation sites (N-methyl/N-ethyl adjacent to an activating group) is 1. The lowest BCUT2D eigenvalue weighted by atomic mass is 10.1. The minimum absolute atomic E-state index is 0.916. The van der Waals surface area contributed by atoms with Crippen LogP contribution in [0.4, 0.5) is 0 Å². The Labute approximate surface area is 57.2 Å². The highest BCUT2D eigenvalue weighted by Crippen LogP contribution is 1.91. The number of piperidine rings is 1. The van der Waals surface area contributed by atoms with E-state index in [1.165, 1.54) is 25.9 Å². The van der Waals surface area contributed by atoms with Crippen molar-refractivity contribution in [1.29, 1.82) is 0 Å². The van der Waals surface area contributed by atoms with Crippen LogP contribution in [-0.4, -0.2) is 33.2 Å². The summed E-state index contributed by atoms with van der Waals surface area (Å²) in [6.45, 7) is 2.69. The van der Waals surface area contributed by atoms with Crippen LogP contribution in [0, 0.1) is 0 Å². The summed E-state index contributed by atoms with van der Waals surface area (Å²) in [5.74, 6) is 0. The molecule has 2 nitrogen and oxygen atoms in total. The molecule has 0 aliphatic carbocycles. The van der Waals surface area contributed by atoms with E-state index in [1.54, 1.807) is 4.90 Å². The molecular formula is C7H18N2+2. The number of hydrogen-bond donors (Lipinski definition) is 2. The van der Waals surface area contributed by atoms with Crippen molar-refractivity contribution in [3.05, 3.63) is 0 Å². The van der Waals surface area contributed by atoms with Gasteiger partial charge in [0.05, 0.1) is 20.6 Å². The molecule has 2 heteroatoms. The van der Waals surface area contributed by atoms with Gasteiger partial charge in [0.25, 0.3) is 0 Å². The molecule has 0 aromatic heterocycles. The van der Waals surface area contributed by atoms with Gasteiger partial charge >= 0.3 is 0 Å². The summed E-state index contributed by atoms with van der Waals surface area (Å²) in [5.41, 5.74) is 0. The summed E-state index contributed by atoms with van der Waals surface area (Å²) >= 11 is 0. The summed E-state index contributed by atoms with van der Waals surface area (Å²) in [7, 11) is 4.51. The number of rotatable bonds is 1. The van der Waals surface area contributed by atoms with E-state index in [0.29, 0.717) is 0 Å². The highest BCUT2D eigenvalue weighted by Gasteiger charge is 2.20. The second kappa shape index (κ2) is 3.18. The van der Waals surface area contributed by atoms with E-state index in [-0.39, 0.29) is 0 Å². The minimum Gasteiger partial charge on any atom is -0.341 e. The first kappa shape index (κ1) is 7.03. The van der Waals surface area contributed by atoms with Gasteiger partial charge in [0.15, 0.2) is 0 Å². The first-order valence-electron chi connectivity index (χ1n) is 3.92. The van der Waals surface area contributed by atoms with E-state index < -0.39 is 0 Å². The zero-order valence-corrected chi connectivity index (χ0v) is 6.48. The smallest absolute Gasteiger partial charge is 0.137 e. The maximum Gasteiger partial charge on any atom is 0.137 e. The van der Waals surface area contributed by atoms with Gasteiger partial charge in [-0.3, -0.25) is 0 Å². The largest absolute Gasteiger partial charge is 0.341 e. The fraction of sp³-hybridized carbons (Fsp3) is 1.00. The van der Waals surface area contributed by atoms with Gasteiger partial charge in [-0.1, -0.05) is 0 Å². The minimum atomic E-state index is 0.916. The van der Waals surface area contributed by atoms with Crippen LogP contribution in [0.5, 0.6) is 0 Å². The summed E-state index contributed by atoms with van der Waals surface area (Å²) < 4.78 is 0. The third-order valence-electron chi connectivity index (χ3n) is 2.23.